The number of nitrogens with zero attached hydrogens (tertiary/aromatic N) is 3. The van der Waals surface area contributed by atoms with Crippen molar-refractivity contribution in [2.24, 2.45) is 5.92 Å². The van der Waals surface area contributed by atoms with Gasteiger partial charge in [-0.3, -0.25) is 9.59 Å². The van der Waals surface area contributed by atoms with E-state index in [4.69, 9.17) is 13.6 Å². The van der Waals surface area contributed by atoms with Gasteiger partial charge in [0.1, 0.15) is 5.76 Å². The van der Waals surface area contributed by atoms with E-state index in [0.29, 0.717) is 49.4 Å². The molecular formula is C18H23N3O5S. The zero-order valence-electron chi connectivity index (χ0n) is 15.6. The summed E-state index contributed by atoms with van der Waals surface area (Å²) in [6, 6.07) is 1.76. The monoisotopic (exact) mass is 393 g/mol. The lowest BCUT2D eigenvalue weighted by Gasteiger charge is -2.32. The fraction of sp³-hybridized carbons (Fsp3) is 0.556. The molecule has 0 radical (unpaired) electrons. The molecule has 1 unspecified atom stereocenters. The van der Waals surface area contributed by atoms with Gasteiger partial charge in [-0.25, -0.2) is 0 Å². The van der Waals surface area contributed by atoms with Gasteiger partial charge in [0, 0.05) is 13.1 Å². The first kappa shape index (κ1) is 19.5. The Kier molecular flexibility index (Phi) is 6.20. The van der Waals surface area contributed by atoms with Crippen molar-refractivity contribution < 1.29 is 23.2 Å². The maximum atomic E-state index is 12.7. The normalized spacial score (nSPS) is 16.3. The van der Waals surface area contributed by atoms with Gasteiger partial charge >= 0.3 is 5.97 Å². The molecular weight excluding hydrogens is 370 g/mol. The molecule has 3 rings (SSSR count). The minimum absolute atomic E-state index is 0.00144. The van der Waals surface area contributed by atoms with Gasteiger partial charge in [0.15, 0.2) is 0 Å². The number of amides is 1. The molecule has 0 aromatic carbocycles. The van der Waals surface area contributed by atoms with Gasteiger partial charge in [-0.1, -0.05) is 11.8 Å². The summed E-state index contributed by atoms with van der Waals surface area (Å²) in [5, 5.41) is 8.01. The van der Waals surface area contributed by atoms with Crippen molar-refractivity contribution in [3.8, 4) is 11.5 Å². The number of carbonyl (C=O) groups is 2. The molecule has 146 valence electrons. The molecule has 1 aliphatic heterocycles. The van der Waals surface area contributed by atoms with E-state index in [1.165, 1.54) is 11.8 Å². The van der Waals surface area contributed by atoms with Crippen molar-refractivity contribution in [3.05, 3.63) is 18.1 Å². The number of aryl methyl sites for hydroxylation is 1. The quantitative estimate of drug-likeness (QED) is 0.546. The third kappa shape index (κ3) is 4.52. The van der Waals surface area contributed by atoms with E-state index in [-0.39, 0.29) is 23.0 Å². The maximum absolute atomic E-state index is 12.7. The Morgan fingerprint density at radius 2 is 2.11 bits per heavy atom. The number of esters is 1. The Bertz CT molecular complexity index is 795. The Morgan fingerprint density at radius 3 is 2.74 bits per heavy atom. The molecule has 0 aliphatic carbocycles. The van der Waals surface area contributed by atoms with E-state index in [0.717, 1.165) is 5.56 Å². The minimum Gasteiger partial charge on any atom is -0.469 e. The van der Waals surface area contributed by atoms with E-state index in [1.807, 2.05) is 13.8 Å². The number of carbonyl (C=O) groups excluding carboxylic acids is 2. The first-order chi connectivity index (χ1) is 13.0. The molecule has 9 heteroatoms. The van der Waals surface area contributed by atoms with Crippen LogP contribution in [0.4, 0.5) is 0 Å². The first-order valence-corrected chi connectivity index (χ1v) is 9.87. The fourth-order valence-electron chi connectivity index (χ4n) is 3.03. The molecule has 1 fully saturated rings. The Balaban J connectivity index is 1.54. The zero-order valence-corrected chi connectivity index (χ0v) is 16.5. The largest absolute Gasteiger partial charge is 0.469 e. The van der Waals surface area contributed by atoms with Crippen molar-refractivity contribution in [2.75, 3.05) is 19.7 Å². The lowest BCUT2D eigenvalue weighted by atomic mass is 9.97. The molecule has 1 aliphatic rings. The molecule has 1 atom stereocenters. The van der Waals surface area contributed by atoms with Gasteiger partial charge in [0.25, 0.3) is 11.1 Å². The molecule has 27 heavy (non-hydrogen) atoms. The van der Waals surface area contributed by atoms with Crippen LogP contribution in [-0.4, -0.2) is 51.9 Å². The molecule has 0 spiro atoms. The van der Waals surface area contributed by atoms with Gasteiger partial charge in [0.2, 0.25) is 5.91 Å². The van der Waals surface area contributed by atoms with Crippen molar-refractivity contribution >= 4 is 23.6 Å². The van der Waals surface area contributed by atoms with Crippen molar-refractivity contribution in [1.29, 1.82) is 0 Å². The second kappa shape index (κ2) is 8.60. The Hall–Kier alpha value is -2.29. The molecule has 1 amide bonds. The summed E-state index contributed by atoms with van der Waals surface area (Å²) in [5.74, 6) is 0.789. The maximum Gasteiger partial charge on any atom is 0.309 e. The summed E-state index contributed by atoms with van der Waals surface area (Å²) in [5.41, 5.74) is 0.745. The second-order valence-electron chi connectivity index (χ2n) is 6.38. The van der Waals surface area contributed by atoms with Crippen LogP contribution in [0, 0.1) is 12.8 Å². The standard InChI is InChI=1S/C18H23N3O5S/c1-4-24-17(23)13-5-8-21(9-6-13)16(22)12(3)27-18-20-19-15(26-18)14-7-10-25-11(14)2/h7,10,12-13H,4-6,8-9H2,1-3H3. The summed E-state index contributed by atoms with van der Waals surface area (Å²) >= 11 is 1.23. The molecule has 0 bridgehead atoms. The number of hydrogen-bond donors (Lipinski definition) is 0. The van der Waals surface area contributed by atoms with Crippen LogP contribution in [0.15, 0.2) is 26.4 Å². The highest BCUT2D eigenvalue weighted by Gasteiger charge is 2.31. The number of aromatic nitrogens is 2. The van der Waals surface area contributed by atoms with E-state index in [9.17, 15) is 9.59 Å². The SMILES string of the molecule is CCOC(=O)C1CCN(C(=O)C(C)Sc2nnc(-c3ccoc3C)o2)CC1. The van der Waals surface area contributed by atoms with Crippen LogP contribution >= 0.6 is 11.8 Å². The highest BCUT2D eigenvalue weighted by Crippen LogP contribution is 2.29. The van der Waals surface area contributed by atoms with Gasteiger partial charge in [-0.2, -0.15) is 0 Å². The van der Waals surface area contributed by atoms with Gasteiger partial charge in [0.05, 0.1) is 29.6 Å². The third-order valence-electron chi connectivity index (χ3n) is 4.55. The van der Waals surface area contributed by atoms with E-state index >= 15 is 0 Å². The molecule has 8 nitrogen and oxygen atoms in total. The van der Waals surface area contributed by atoms with E-state index in [1.54, 1.807) is 24.2 Å². The van der Waals surface area contributed by atoms with Crippen LogP contribution < -0.4 is 0 Å². The lowest BCUT2D eigenvalue weighted by molar-refractivity contribution is -0.151. The second-order valence-corrected chi connectivity index (χ2v) is 7.67. The zero-order chi connectivity index (χ0) is 19.4. The molecule has 2 aromatic heterocycles. The van der Waals surface area contributed by atoms with Crippen LogP contribution in [-0.2, 0) is 14.3 Å². The number of furan rings is 1. The number of rotatable bonds is 6. The van der Waals surface area contributed by atoms with Crippen LogP contribution in [0.1, 0.15) is 32.4 Å². The molecule has 0 saturated carbocycles. The van der Waals surface area contributed by atoms with Gasteiger partial charge in [-0.05, 0) is 39.7 Å². The summed E-state index contributed by atoms with van der Waals surface area (Å²) in [6.45, 7) is 6.92. The topological polar surface area (TPSA) is 98.7 Å². The number of hydrogen-bond acceptors (Lipinski definition) is 8. The minimum atomic E-state index is -0.358. The molecule has 1 saturated heterocycles. The number of likely N-dealkylation sites (tertiary alicyclic amines) is 1. The van der Waals surface area contributed by atoms with Gasteiger partial charge in [-0.15, -0.1) is 10.2 Å². The highest BCUT2D eigenvalue weighted by atomic mass is 32.2. The number of ether oxygens (including phenoxy) is 1. The highest BCUT2D eigenvalue weighted by molar-refractivity contribution is 8.00. The first-order valence-electron chi connectivity index (χ1n) is 8.99. The summed E-state index contributed by atoms with van der Waals surface area (Å²) in [7, 11) is 0. The van der Waals surface area contributed by atoms with Gasteiger partial charge < -0.3 is 18.5 Å². The molecule has 2 aromatic rings. The van der Waals surface area contributed by atoms with E-state index in [2.05, 4.69) is 10.2 Å². The average molecular weight is 393 g/mol. The lowest BCUT2D eigenvalue weighted by Crippen LogP contribution is -2.43. The summed E-state index contributed by atoms with van der Waals surface area (Å²) < 4.78 is 15.9. The van der Waals surface area contributed by atoms with Crippen LogP contribution in [0.2, 0.25) is 0 Å². The Morgan fingerprint density at radius 1 is 1.37 bits per heavy atom. The average Bonchev–Trinajstić information content (AvgIpc) is 3.30. The van der Waals surface area contributed by atoms with Crippen molar-refractivity contribution in [2.45, 2.75) is 44.1 Å². The summed E-state index contributed by atoms with van der Waals surface area (Å²) in [4.78, 5) is 26.3. The van der Waals surface area contributed by atoms with Crippen LogP contribution in [0.25, 0.3) is 11.5 Å². The smallest absolute Gasteiger partial charge is 0.309 e. The molecule has 3 heterocycles. The van der Waals surface area contributed by atoms with Crippen LogP contribution in [0.3, 0.4) is 0 Å². The predicted molar refractivity (Wildman–Crippen MR) is 98.0 cm³/mol. The van der Waals surface area contributed by atoms with Crippen LogP contribution in [0.5, 0.6) is 0 Å². The molecule has 0 N–H and O–H groups in total. The van der Waals surface area contributed by atoms with Crippen molar-refractivity contribution in [1.82, 2.24) is 15.1 Å². The van der Waals surface area contributed by atoms with Crippen molar-refractivity contribution in [3.63, 3.8) is 0 Å². The van der Waals surface area contributed by atoms with E-state index < -0.39 is 0 Å². The summed E-state index contributed by atoms with van der Waals surface area (Å²) in [6.07, 6.45) is 2.83. The number of piperidine rings is 1. The number of thioether (sulfide) groups is 1. The predicted octanol–water partition coefficient (Wildman–Crippen LogP) is 2.92. The fourth-order valence-corrected chi connectivity index (χ4v) is 3.79. The third-order valence-corrected chi connectivity index (χ3v) is 5.47. The Labute approximate surface area is 161 Å².